The number of hydrogen-bond acceptors (Lipinski definition) is 4. The van der Waals surface area contributed by atoms with Gasteiger partial charge in [-0.3, -0.25) is 4.99 Å². The quantitative estimate of drug-likeness (QED) is 0.333. The van der Waals surface area contributed by atoms with Gasteiger partial charge in [0.1, 0.15) is 0 Å². The summed E-state index contributed by atoms with van der Waals surface area (Å²) in [6, 6.07) is 6.12. The fraction of sp³-hybridized carbons (Fsp3) is 0.650. The maximum absolute atomic E-state index is 5.44. The number of rotatable bonds is 8. The first kappa shape index (κ1) is 22.1. The number of nitrogens with zero attached hydrogens (tertiary/aromatic N) is 1. The summed E-state index contributed by atoms with van der Waals surface area (Å²) in [6.45, 7) is 2.93. The van der Waals surface area contributed by atoms with E-state index in [1.807, 2.05) is 13.1 Å². The van der Waals surface area contributed by atoms with Gasteiger partial charge < -0.3 is 24.8 Å². The molecule has 0 atom stereocenters. The van der Waals surface area contributed by atoms with E-state index in [1.54, 1.807) is 7.11 Å². The predicted octanol–water partition coefficient (Wildman–Crippen LogP) is 3.34. The second-order valence-corrected chi connectivity index (χ2v) is 7.24. The highest BCUT2D eigenvalue weighted by Gasteiger charge is 2.33. The molecule has 27 heavy (non-hydrogen) atoms. The summed E-state index contributed by atoms with van der Waals surface area (Å²) in [6.07, 6.45) is 7.22. The van der Waals surface area contributed by atoms with E-state index in [-0.39, 0.29) is 24.0 Å². The average molecular weight is 489 g/mol. The van der Waals surface area contributed by atoms with Crippen LogP contribution in [0.5, 0.6) is 11.5 Å². The van der Waals surface area contributed by atoms with E-state index in [9.17, 15) is 0 Å². The molecule has 0 unspecified atom stereocenters. The van der Waals surface area contributed by atoms with Crippen molar-refractivity contribution in [2.24, 2.45) is 10.4 Å². The molecule has 2 N–H and O–H groups in total. The van der Waals surface area contributed by atoms with Crippen molar-refractivity contribution >= 4 is 29.9 Å². The number of guanidine groups is 1. The minimum atomic E-state index is 0. The SMILES string of the molecule is CN=C(NCCc1ccc2c(c1)OCO2)NCC1(CCOC)CCCC1.I. The van der Waals surface area contributed by atoms with Crippen molar-refractivity contribution in [2.45, 2.75) is 38.5 Å². The monoisotopic (exact) mass is 489 g/mol. The molecule has 1 fully saturated rings. The maximum Gasteiger partial charge on any atom is 0.231 e. The minimum absolute atomic E-state index is 0. The number of methoxy groups -OCH3 is 1. The van der Waals surface area contributed by atoms with Crippen LogP contribution in [0, 0.1) is 5.41 Å². The molecule has 1 aliphatic heterocycles. The first-order chi connectivity index (χ1) is 12.7. The first-order valence-corrected chi connectivity index (χ1v) is 9.57. The molecule has 0 radical (unpaired) electrons. The van der Waals surface area contributed by atoms with E-state index in [0.717, 1.165) is 50.0 Å². The summed E-state index contributed by atoms with van der Waals surface area (Å²) in [5, 5.41) is 6.95. The molecule has 0 spiro atoms. The lowest BCUT2D eigenvalue weighted by molar-refractivity contribution is 0.138. The third kappa shape index (κ3) is 6.14. The van der Waals surface area contributed by atoms with Gasteiger partial charge in [0.05, 0.1) is 0 Å². The molecule has 2 aliphatic rings. The third-order valence-corrected chi connectivity index (χ3v) is 5.50. The molecular weight excluding hydrogens is 457 g/mol. The second-order valence-electron chi connectivity index (χ2n) is 7.24. The minimum Gasteiger partial charge on any atom is -0.454 e. The van der Waals surface area contributed by atoms with Gasteiger partial charge in [0, 0.05) is 33.9 Å². The highest BCUT2D eigenvalue weighted by Crippen LogP contribution is 2.40. The molecule has 1 heterocycles. The number of hydrogen-bond donors (Lipinski definition) is 2. The van der Waals surface area contributed by atoms with Crippen molar-refractivity contribution in [2.75, 3.05) is 40.6 Å². The number of fused-ring (bicyclic) bond motifs is 1. The van der Waals surface area contributed by atoms with E-state index >= 15 is 0 Å². The lowest BCUT2D eigenvalue weighted by Crippen LogP contribution is -2.43. The van der Waals surface area contributed by atoms with Crippen LogP contribution in [0.15, 0.2) is 23.2 Å². The van der Waals surface area contributed by atoms with Gasteiger partial charge >= 0.3 is 0 Å². The number of nitrogens with one attached hydrogen (secondary N) is 2. The highest BCUT2D eigenvalue weighted by molar-refractivity contribution is 14.0. The van der Waals surface area contributed by atoms with E-state index in [1.165, 1.54) is 31.2 Å². The average Bonchev–Trinajstić information content (AvgIpc) is 3.32. The van der Waals surface area contributed by atoms with Crippen molar-refractivity contribution < 1.29 is 14.2 Å². The molecule has 0 bridgehead atoms. The topological polar surface area (TPSA) is 64.1 Å². The smallest absolute Gasteiger partial charge is 0.231 e. The van der Waals surface area contributed by atoms with Crippen LogP contribution >= 0.6 is 24.0 Å². The van der Waals surface area contributed by atoms with Crippen molar-refractivity contribution in [3.8, 4) is 11.5 Å². The fourth-order valence-electron chi connectivity index (χ4n) is 3.87. The lowest BCUT2D eigenvalue weighted by Gasteiger charge is -2.30. The molecule has 0 saturated heterocycles. The number of aliphatic imine (C=N–C) groups is 1. The Balaban J connectivity index is 0.00000261. The molecule has 1 aliphatic carbocycles. The van der Waals surface area contributed by atoms with Crippen LogP contribution in [-0.4, -0.2) is 46.6 Å². The summed E-state index contributed by atoms with van der Waals surface area (Å²) in [5.74, 6) is 2.54. The summed E-state index contributed by atoms with van der Waals surface area (Å²) >= 11 is 0. The van der Waals surface area contributed by atoms with E-state index in [4.69, 9.17) is 14.2 Å². The Labute approximate surface area is 179 Å². The molecule has 152 valence electrons. The molecule has 3 rings (SSSR count). The van der Waals surface area contributed by atoms with Crippen LogP contribution in [0.1, 0.15) is 37.7 Å². The lowest BCUT2D eigenvalue weighted by atomic mass is 9.83. The van der Waals surface area contributed by atoms with Gasteiger partial charge in [0.25, 0.3) is 0 Å². The van der Waals surface area contributed by atoms with Crippen LogP contribution in [0.2, 0.25) is 0 Å². The molecule has 0 aromatic heterocycles. The first-order valence-electron chi connectivity index (χ1n) is 9.57. The Bertz CT molecular complexity index is 618. The van der Waals surface area contributed by atoms with Crippen molar-refractivity contribution in [1.29, 1.82) is 0 Å². The zero-order valence-electron chi connectivity index (χ0n) is 16.4. The summed E-state index contributed by atoms with van der Waals surface area (Å²) in [7, 11) is 3.61. The van der Waals surface area contributed by atoms with Crippen molar-refractivity contribution in [1.82, 2.24) is 10.6 Å². The largest absolute Gasteiger partial charge is 0.454 e. The van der Waals surface area contributed by atoms with Crippen LogP contribution in [0.4, 0.5) is 0 Å². The summed E-state index contributed by atoms with van der Waals surface area (Å²) < 4.78 is 16.1. The molecule has 7 heteroatoms. The van der Waals surface area contributed by atoms with Gasteiger partial charge in [-0.2, -0.15) is 0 Å². The predicted molar refractivity (Wildman–Crippen MR) is 118 cm³/mol. The van der Waals surface area contributed by atoms with Crippen molar-refractivity contribution in [3.05, 3.63) is 23.8 Å². The third-order valence-electron chi connectivity index (χ3n) is 5.50. The Morgan fingerprint density at radius 1 is 1.19 bits per heavy atom. The summed E-state index contributed by atoms with van der Waals surface area (Å²) in [4.78, 5) is 4.37. The van der Waals surface area contributed by atoms with Crippen LogP contribution < -0.4 is 20.1 Å². The zero-order valence-corrected chi connectivity index (χ0v) is 18.7. The molecule has 1 saturated carbocycles. The summed E-state index contributed by atoms with van der Waals surface area (Å²) in [5.41, 5.74) is 1.58. The Hall–Kier alpha value is -1.22. The van der Waals surface area contributed by atoms with Crippen molar-refractivity contribution in [3.63, 3.8) is 0 Å². The van der Waals surface area contributed by atoms with Gasteiger partial charge in [-0.25, -0.2) is 0 Å². The van der Waals surface area contributed by atoms with Gasteiger partial charge in [0.15, 0.2) is 17.5 Å². The molecule has 0 amide bonds. The normalized spacial score (nSPS) is 17.5. The Morgan fingerprint density at radius 3 is 2.70 bits per heavy atom. The van der Waals surface area contributed by atoms with Gasteiger partial charge in [-0.15, -0.1) is 24.0 Å². The van der Waals surface area contributed by atoms with E-state index < -0.39 is 0 Å². The standard InChI is InChI=1S/C20H31N3O3.HI/c1-21-19(23-14-20(10-12-24-2)8-3-4-9-20)22-11-7-16-5-6-17-18(13-16)26-15-25-17;/h5-6,13H,3-4,7-12,14-15H2,1-2H3,(H2,21,22,23);1H. The second kappa shape index (κ2) is 10.9. The van der Waals surface area contributed by atoms with E-state index in [2.05, 4.69) is 27.8 Å². The highest BCUT2D eigenvalue weighted by atomic mass is 127. The van der Waals surface area contributed by atoms with Gasteiger partial charge in [0.2, 0.25) is 6.79 Å². The Kier molecular flexibility index (Phi) is 8.95. The number of halogens is 1. The zero-order chi connectivity index (χ0) is 18.2. The van der Waals surface area contributed by atoms with E-state index in [0.29, 0.717) is 12.2 Å². The van der Waals surface area contributed by atoms with Crippen LogP contribution in [0.3, 0.4) is 0 Å². The maximum atomic E-state index is 5.44. The van der Waals surface area contributed by atoms with Crippen LogP contribution in [-0.2, 0) is 11.2 Å². The Morgan fingerprint density at radius 2 is 1.96 bits per heavy atom. The number of ether oxygens (including phenoxy) is 3. The molecule has 1 aromatic rings. The number of benzene rings is 1. The fourth-order valence-corrected chi connectivity index (χ4v) is 3.87. The molecule has 6 nitrogen and oxygen atoms in total. The molecule has 1 aromatic carbocycles. The van der Waals surface area contributed by atoms with Gasteiger partial charge in [-0.05, 0) is 48.8 Å². The van der Waals surface area contributed by atoms with Crippen LogP contribution in [0.25, 0.3) is 0 Å². The van der Waals surface area contributed by atoms with Gasteiger partial charge in [-0.1, -0.05) is 18.9 Å². The molecular formula is C20H32IN3O3.